The van der Waals surface area contributed by atoms with E-state index in [1.165, 1.54) is 0 Å². The van der Waals surface area contributed by atoms with Gasteiger partial charge in [-0.2, -0.15) is 4.98 Å². The first-order valence-corrected chi connectivity index (χ1v) is 10.5. The Bertz CT molecular complexity index is 1050. The van der Waals surface area contributed by atoms with Crippen LogP contribution in [0.25, 0.3) is 10.9 Å². The average molecular weight is 408 g/mol. The van der Waals surface area contributed by atoms with E-state index in [4.69, 9.17) is 14.4 Å². The summed E-state index contributed by atoms with van der Waals surface area (Å²) in [7, 11) is 3.99. The van der Waals surface area contributed by atoms with Crippen LogP contribution in [0.2, 0.25) is 0 Å². The Morgan fingerprint density at radius 3 is 2.43 bits per heavy atom. The number of anilines is 2. The fraction of sp³-hybridized carbons (Fsp3) is 0.435. The number of furan rings is 1. The average Bonchev–Trinajstić information content (AvgIpc) is 3.07. The lowest BCUT2D eigenvalue weighted by Gasteiger charge is -2.30. The number of nitrogens with zero attached hydrogens (tertiary/aromatic N) is 3. The van der Waals surface area contributed by atoms with Crippen molar-refractivity contribution in [3.63, 3.8) is 0 Å². The van der Waals surface area contributed by atoms with Crippen molar-refractivity contribution in [3.8, 4) is 0 Å². The Kier molecular flexibility index (Phi) is 5.61. The van der Waals surface area contributed by atoms with Crippen LogP contribution in [0.4, 0.5) is 11.8 Å². The van der Waals surface area contributed by atoms with Crippen molar-refractivity contribution in [1.29, 1.82) is 0 Å². The summed E-state index contributed by atoms with van der Waals surface area (Å²) in [6.07, 6.45) is 3.77. The molecule has 1 fully saturated rings. The van der Waals surface area contributed by atoms with E-state index in [2.05, 4.69) is 10.6 Å². The number of hydrogen-bond acceptors (Lipinski definition) is 6. The van der Waals surface area contributed by atoms with Gasteiger partial charge in [0.05, 0.1) is 11.1 Å². The Morgan fingerprint density at radius 1 is 1.07 bits per heavy atom. The van der Waals surface area contributed by atoms with E-state index in [9.17, 15) is 4.79 Å². The summed E-state index contributed by atoms with van der Waals surface area (Å²) in [6.45, 7) is 3.69. The normalized spacial score (nSPS) is 18.9. The number of amides is 1. The third-order valence-corrected chi connectivity index (χ3v) is 5.69. The summed E-state index contributed by atoms with van der Waals surface area (Å²) in [5.41, 5.74) is 1.57. The molecule has 2 N–H and O–H groups in total. The number of fused-ring (bicyclic) bond motifs is 1. The van der Waals surface area contributed by atoms with Crippen molar-refractivity contribution < 1.29 is 9.21 Å². The van der Waals surface area contributed by atoms with Crippen LogP contribution in [0.5, 0.6) is 0 Å². The predicted octanol–water partition coefficient (Wildman–Crippen LogP) is 4.06. The highest BCUT2D eigenvalue weighted by atomic mass is 16.3. The molecule has 30 heavy (non-hydrogen) atoms. The van der Waals surface area contributed by atoms with Crippen LogP contribution in [0.15, 0.2) is 34.7 Å². The van der Waals surface area contributed by atoms with Gasteiger partial charge in [0.2, 0.25) is 5.95 Å². The van der Waals surface area contributed by atoms with Crippen molar-refractivity contribution in [2.45, 2.75) is 51.6 Å². The Balaban J connectivity index is 1.38. The number of nitrogens with one attached hydrogen (secondary N) is 2. The maximum absolute atomic E-state index is 12.5. The maximum atomic E-state index is 12.5. The summed E-state index contributed by atoms with van der Waals surface area (Å²) >= 11 is 0. The SMILES string of the molecule is Cc1cc(C(=O)NC2CCC(Nc3nc(N(C)C)c4ccccc4n3)CC2)c(C)o1. The molecule has 0 atom stereocenters. The quantitative estimate of drug-likeness (QED) is 0.664. The van der Waals surface area contributed by atoms with E-state index < -0.39 is 0 Å². The van der Waals surface area contributed by atoms with Crippen LogP contribution in [0.3, 0.4) is 0 Å². The van der Waals surface area contributed by atoms with Crippen LogP contribution >= 0.6 is 0 Å². The number of rotatable bonds is 5. The molecule has 2 heterocycles. The lowest BCUT2D eigenvalue weighted by atomic mass is 9.91. The van der Waals surface area contributed by atoms with Gasteiger partial charge in [0.25, 0.3) is 5.91 Å². The third-order valence-electron chi connectivity index (χ3n) is 5.69. The number of benzene rings is 1. The zero-order valence-corrected chi connectivity index (χ0v) is 18.0. The number of aryl methyl sites for hydroxylation is 2. The number of para-hydroxylation sites is 1. The van der Waals surface area contributed by atoms with E-state index in [1.807, 2.05) is 57.1 Å². The first kappa shape index (κ1) is 20.2. The van der Waals surface area contributed by atoms with Gasteiger partial charge in [0.15, 0.2) is 0 Å². The molecule has 1 aliphatic rings. The van der Waals surface area contributed by atoms with Gasteiger partial charge in [-0.05, 0) is 57.7 Å². The van der Waals surface area contributed by atoms with Crippen LogP contribution in [0, 0.1) is 13.8 Å². The first-order chi connectivity index (χ1) is 14.4. The van der Waals surface area contributed by atoms with Gasteiger partial charge in [-0.3, -0.25) is 4.79 Å². The molecule has 0 bridgehead atoms. The molecule has 3 aromatic rings. The van der Waals surface area contributed by atoms with Crippen LogP contribution in [-0.2, 0) is 0 Å². The molecule has 1 saturated carbocycles. The molecule has 7 nitrogen and oxygen atoms in total. The zero-order chi connectivity index (χ0) is 21.3. The summed E-state index contributed by atoms with van der Waals surface area (Å²) in [5.74, 6) is 2.96. The van der Waals surface area contributed by atoms with Crippen molar-refractivity contribution >= 4 is 28.6 Å². The van der Waals surface area contributed by atoms with Gasteiger partial charge in [0.1, 0.15) is 17.3 Å². The largest absolute Gasteiger partial charge is 0.466 e. The summed E-state index contributed by atoms with van der Waals surface area (Å²) in [6, 6.07) is 10.3. The van der Waals surface area contributed by atoms with Gasteiger partial charge in [0, 0.05) is 31.6 Å². The van der Waals surface area contributed by atoms with Gasteiger partial charge < -0.3 is 20.0 Å². The zero-order valence-electron chi connectivity index (χ0n) is 18.0. The van der Waals surface area contributed by atoms with E-state index in [-0.39, 0.29) is 11.9 Å². The Morgan fingerprint density at radius 2 is 1.77 bits per heavy atom. The van der Waals surface area contributed by atoms with Crippen LogP contribution in [-0.4, -0.2) is 42.1 Å². The van der Waals surface area contributed by atoms with Crippen molar-refractivity contribution in [2.24, 2.45) is 0 Å². The molecule has 0 saturated heterocycles. The fourth-order valence-corrected chi connectivity index (χ4v) is 4.15. The van der Waals surface area contributed by atoms with Crippen molar-refractivity contribution in [3.05, 3.63) is 47.4 Å². The van der Waals surface area contributed by atoms with E-state index in [0.29, 0.717) is 23.3 Å². The van der Waals surface area contributed by atoms with E-state index in [0.717, 1.165) is 48.2 Å². The lowest BCUT2D eigenvalue weighted by molar-refractivity contribution is 0.0925. The minimum atomic E-state index is -0.0470. The topological polar surface area (TPSA) is 83.3 Å². The van der Waals surface area contributed by atoms with E-state index >= 15 is 0 Å². The molecule has 0 spiro atoms. The molecule has 1 aliphatic carbocycles. The molecular weight excluding hydrogens is 378 g/mol. The van der Waals surface area contributed by atoms with Crippen LogP contribution < -0.4 is 15.5 Å². The predicted molar refractivity (Wildman–Crippen MR) is 119 cm³/mol. The molecule has 7 heteroatoms. The number of aromatic nitrogens is 2. The first-order valence-electron chi connectivity index (χ1n) is 10.5. The Labute approximate surface area is 176 Å². The minimum absolute atomic E-state index is 0.0470. The standard InChI is InChI=1S/C23H29N5O2/c1-14-13-19(15(2)30-14)22(29)24-16-9-11-17(12-10-16)25-23-26-20-8-6-5-7-18(20)21(27-23)28(3)4/h5-8,13,16-17H,9-12H2,1-4H3,(H,24,29)(H,25,26,27). The second-order valence-electron chi connectivity index (χ2n) is 8.28. The number of carbonyl (C=O) groups is 1. The molecule has 4 rings (SSSR count). The third kappa shape index (κ3) is 4.25. The second-order valence-corrected chi connectivity index (χ2v) is 8.28. The molecule has 2 aromatic heterocycles. The monoisotopic (exact) mass is 407 g/mol. The minimum Gasteiger partial charge on any atom is -0.466 e. The van der Waals surface area contributed by atoms with Gasteiger partial charge in [-0.1, -0.05) is 12.1 Å². The number of hydrogen-bond donors (Lipinski definition) is 2. The molecule has 1 aromatic carbocycles. The lowest BCUT2D eigenvalue weighted by Crippen LogP contribution is -2.40. The van der Waals surface area contributed by atoms with Gasteiger partial charge in [-0.25, -0.2) is 4.98 Å². The molecule has 1 amide bonds. The molecule has 0 radical (unpaired) electrons. The highest BCUT2D eigenvalue weighted by Crippen LogP contribution is 2.26. The summed E-state index contributed by atoms with van der Waals surface area (Å²) in [5, 5.41) is 7.71. The molecule has 0 aliphatic heterocycles. The highest BCUT2D eigenvalue weighted by molar-refractivity contribution is 5.95. The van der Waals surface area contributed by atoms with Crippen molar-refractivity contribution in [2.75, 3.05) is 24.3 Å². The summed E-state index contributed by atoms with van der Waals surface area (Å²) < 4.78 is 5.48. The fourth-order valence-electron chi connectivity index (χ4n) is 4.15. The molecule has 0 unspecified atom stereocenters. The van der Waals surface area contributed by atoms with Gasteiger partial charge in [-0.15, -0.1) is 0 Å². The van der Waals surface area contributed by atoms with E-state index in [1.54, 1.807) is 6.07 Å². The summed E-state index contributed by atoms with van der Waals surface area (Å²) in [4.78, 5) is 24.0. The maximum Gasteiger partial charge on any atom is 0.255 e. The van der Waals surface area contributed by atoms with Gasteiger partial charge >= 0.3 is 0 Å². The van der Waals surface area contributed by atoms with Crippen LogP contribution in [0.1, 0.15) is 47.6 Å². The number of carbonyl (C=O) groups excluding carboxylic acids is 1. The second kappa shape index (κ2) is 8.34. The highest BCUT2D eigenvalue weighted by Gasteiger charge is 2.25. The van der Waals surface area contributed by atoms with Crippen molar-refractivity contribution in [1.82, 2.24) is 15.3 Å². The molecule has 158 valence electrons. The smallest absolute Gasteiger partial charge is 0.255 e. The molecular formula is C23H29N5O2. The Hall–Kier alpha value is -3.09.